The molecular weight excluding hydrogens is 631 g/mol. The summed E-state index contributed by atoms with van der Waals surface area (Å²) in [6.07, 6.45) is 4.13. The van der Waals surface area contributed by atoms with Gasteiger partial charge in [-0.15, -0.1) is 22.0 Å². The van der Waals surface area contributed by atoms with Crippen LogP contribution < -0.4 is 0 Å². The van der Waals surface area contributed by atoms with E-state index < -0.39 is 0 Å². The zero-order chi connectivity index (χ0) is 25.7. The molecular formula is C27H18BrCl3N4S2. The van der Waals surface area contributed by atoms with Crippen LogP contribution in [0, 0.1) is 0 Å². The lowest BCUT2D eigenvalue weighted by atomic mass is 9.97. The molecule has 6 rings (SSSR count). The largest absolute Gasteiger partial charge is 0.230 e. The molecule has 2 heterocycles. The predicted octanol–water partition coefficient (Wildman–Crippen LogP) is 9.58. The van der Waals surface area contributed by atoms with E-state index in [1.807, 2.05) is 41.1 Å². The van der Waals surface area contributed by atoms with Crippen LogP contribution in [0.4, 0.5) is 0 Å². The molecule has 10 heteroatoms. The standard InChI is InChI=1S/C27H18BrCl3N4S2/c1-36-24-22(25-32-33-26(37-25)27(12-13-27)16-4-8-18(29)9-5-16)34-35(21-11-10-19(30)14-20(21)31)23(24)15-2-6-17(28)7-3-15/h2-11,14H,12-13H2,1H3. The van der Waals surface area contributed by atoms with Gasteiger partial charge in [0.2, 0.25) is 0 Å². The topological polar surface area (TPSA) is 43.6 Å². The Morgan fingerprint density at radius 3 is 2.27 bits per heavy atom. The van der Waals surface area contributed by atoms with Gasteiger partial charge in [0.25, 0.3) is 0 Å². The third-order valence-electron chi connectivity index (χ3n) is 6.49. The Morgan fingerprint density at radius 1 is 0.919 bits per heavy atom. The number of rotatable bonds is 6. The predicted molar refractivity (Wildman–Crippen MR) is 159 cm³/mol. The fraction of sp³-hybridized carbons (Fsp3) is 0.148. The number of hydrogen-bond donors (Lipinski definition) is 0. The number of nitrogens with zero attached hydrogens (tertiary/aromatic N) is 4. The molecule has 0 saturated heterocycles. The zero-order valence-corrected chi connectivity index (χ0v) is 24.9. The Morgan fingerprint density at radius 2 is 1.62 bits per heavy atom. The quantitative estimate of drug-likeness (QED) is 0.172. The number of benzene rings is 3. The molecule has 0 aliphatic heterocycles. The van der Waals surface area contributed by atoms with Crippen molar-refractivity contribution in [2.75, 3.05) is 6.26 Å². The third-order valence-corrected chi connectivity index (χ3v) is 9.73. The Labute approximate surface area is 246 Å². The van der Waals surface area contributed by atoms with Crippen LogP contribution in [0.25, 0.3) is 27.6 Å². The summed E-state index contributed by atoms with van der Waals surface area (Å²) in [4.78, 5) is 1.01. The monoisotopic (exact) mass is 646 g/mol. The highest BCUT2D eigenvalue weighted by Crippen LogP contribution is 2.55. The first-order chi connectivity index (χ1) is 17.9. The maximum atomic E-state index is 6.66. The average molecular weight is 649 g/mol. The van der Waals surface area contributed by atoms with Crippen molar-refractivity contribution in [1.82, 2.24) is 20.0 Å². The fourth-order valence-corrected chi connectivity index (χ4v) is 7.23. The van der Waals surface area contributed by atoms with Crippen LogP contribution in [0.5, 0.6) is 0 Å². The summed E-state index contributed by atoms with van der Waals surface area (Å²) in [6.45, 7) is 0. The van der Waals surface area contributed by atoms with E-state index in [-0.39, 0.29) is 5.41 Å². The van der Waals surface area contributed by atoms with Crippen molar-refractivity contribution in [2.45, 2.75) is 23.2 Å². The molecule has 37 heavy (non-hydrogen) atoms. The minimum Gasteiger partial charge on any atom is -0.230 e. The lowest BCUT2D eigenvalue weighted by Crippen LogP contribution is -2.07. The van der Waals surface area contributed by atoms with E-state index in [0.717, 1.165) is 59.9 Å². The first-order valence-electron chi connectivity index (χ1n) is 11.4. The minimum atomic E-state index is -0.101. The molecule has 0 radical (unpaired) electrons. The third kappa shape index (κ3) is 4.64. The van der Waals surface area contributed by atoms with Gasteiger partial charge in [-0.1, -0.05) is 86.3 Å². The summed E-state index contributed by atoms with van der Waals surface area (Å²) in [5.74, 6) is 0. The Balaban J connectivity index is 1.51. The highest BCUT2D eigenvalue weighted by Gasteiger charge is 2.49. The summed E-state index contributed by atoms with van der Waals surface area (Å²) in [7, 11) is 0. The molecule has 4 nitrogen and oxygen atoms in total. The minimum absolute atomic E-state index is 0.101. The summed E-state index contributed by atoms with van der Waals surface area (Å²) < 4.78 is 2.89. The molecule has 1 saturated carbocycles. The molecule has 0 atom stereocenters. The summed E-state index contributed by atoms with van der Waals surface area (Å²) in [5, 5.41) is 17.9. The second-order valence-electron chi connectivity index (χ2n) is 8.75. The van der Waals surface area contributed by atoms with Gasteiger partial charge >= 0.3 is 0 Å². The van der Waals surface area contributed by atoms with Crippen molar-refractivity contribution in [3.63, 3.8) is 0 Å². The van der Waals surface area contributed by atoms with Crippen LogP contribution in [0.3, 0.4) is 0 Å². The molecule has 0 spiro atoms. The van der Waals surface area contributed by atoms with Gasteiger partial charge in [-0.3, -0.25) is 0 Å². The van der Waals surface area contributed by atoms with Gasteiger partial charge in [-0.2, -0.15) is 5.10 Å². The van der Waals surface area contributed by atoms with Gasteiger partial charge in [-0.05, 0) is 67.1 Å². The van der Waals surface area contributed by atoms with Gasteiger partial charge in [0, 0.05) is 25.5 Å². The smallest absolute Gasteiger partial charge is 0.169 e. The van der Waals surface area contributed by atoms with E-state index in [1.165, 1.54) is 5.56 Å². The van der Waals surface area contributed by atoms with E-state index in [2.05, 4.69) is 56.6 Å². The number of thioether (sulfide) groups is 1. The van der Waals surface area contributed by atoms with Gasteiger partial charge in [0.1, 0.15) is 10.7 Å². The second kappa shape index (κ2) is 10.0. The van der Waals surface area contributed by atoms with Crippen LogP contribution in [-0.4, -0.2) is 26.2 Å². The molecule has 5 aromatic rings. The van der Waals surface area contributed by atoms with Crippen LogP contribution in [-0.2, 0) is 5.41 Å². The molecule has 0 N–H and O–H groups in total. The van der Waals surface area contributed by atoms with E-state index in [0.29, 0.717) is 10.0 Å². The molecule has 186 valence electrons. The lowest BCUT2D eigenvalue weighted by molar-refractivity contribution is 0.806. The van der Waals surface area contributed by atoms with Crippen molar-refractivity contribution in [3.05, 3.63) is 96.8 Å². The molecule has 0 amide bonds. The molecule has 1 aliphatic carbocycles. The summed E-state index contributed by atoms with van der Waals surface area (Å²) >= 11 is 25.8. The van der Waals surface area contributed by atoms with E-state index in [1.54, 1.807) is 29.2 Å². The first-order valence-corrected chi connectivity index (χ1v) is 15.4. The zero-order valence-electron chi connectivity index (χ0n) is 19.4. The molecule has 3 aromatic carbocycles. The van der Waals surface area contributed by atoms with Gasteiger partial charge in [-0.25, -0.2) is 4.68 Å². The van der Waals surface area contributed by atoms with Crippen molar-refractivity contribution in [2.24, 2.45) is 0 Å². The molecule has 2 aromatic heterocycles. The second-order valence-corrected chi connectivity index (χ2v) is 12.7. The van der Waals surface area contributed by atoms with Crippen molar-refractivity contribution >= 4 is 73.8 Å². The van der Waals surface area contributed by atoms with Crippen molar-refractivity contribution in [1.29, 1.82) is 0 Å². The van der Waals surface area contributed by atoms with Crippen LogP contribution in [0.1, 0.15) is 23.4 Å². The van der Waals surface area contributed by atoms with Gasteiger partial charge < -0.3 is 0 Å². The maximum Gasteiger partial charge on any atom is 0.169 e. The van der Waals surface area contributed by atoms with E-state index in [9.17, 15) is 0 Å². The SMILES string of the molecule is CSc1c(-c2nnc(C3(c4ccc(Cl)cc4)CC3)s2)nn(-c2ccc(Cl)cc2Cl)c1-c1ccc(Br)cc1. The van der Waals surface area contributed by atoms with E-state index in [4.69, 9.17) is 39.9 Å². The molecule has 0 unspecified atom stereocenters. The number of aromatic nitrogens is 4. The molecule has 1 aliphatic rings. The Kier molecular flexibility index (Phi) is 6.88. The van der Waals surface area contributed by atoms with Gasteiger partial charge in [0.05, 0.1) is 21.3 Å². The number of halogens is 4. The number of hydrogen-bond acceptors (Lipinski definition) is 5. The fourth-order valence-electron chi connectivity index (χ4n) is 4.46. The highest BCUT2D eigenvalue weighted by atomic mass is 79.9. The van der Waals surface area contributed by atoms with Crippen LogP contribution in [0.2, 0.25) is 15.1 Å². The van der Waals surface area contributed by atoms with Crippen molar-refractivity contribution < 1.29 is 0 Å². The van der Waals surface area contributed by atoms with Crippen LogP contribution in [0.15, 0.2) is 76.1 Å². The molecule has 1 fully saturated rings. The lowest BCUT2D eigenvalue weighted by Gasteiger charge is -2.11. The summed E-state index contributed by atoms with van der Waals surface area (Å²) in [5.41, 5.74) is 4.61. The van der Waals surface area contributed by atoms with Gasteiger partial charge in [0.15, 0.2) is 5.01 Å². The van der Waals surface area contributed by atoms with Crippen LogP contribution >= 0.6 is 73.8 Å². The first kappa shape index (κ1) is 25.4. The average Bonchev–Trinajstić information content (AvgIpc) is 3.38. The highest BCUT2D eigenvalue weighted by molar-refractivity contribution is 9.10. The normalized spacial score (nSPS) is 14.2. The Hall–Kier alpha value is -1.87. The summed E-state index contributed by atoms with van der Waals surface area (Å²) in [6, 6.07) is 21.7. The molecule has 0 bridgehead atoms. The maximum absolute atomic E-state index is 6.66. The van der Waals surface area contributed by atoms with E-state index >= 15 is 0 Å². The Bertz CT molecular complexity index is 1610. The van der Waals surface area contributed by atoms with Crippen molar-refractivity contribution in [3.8, 4) is 27.6 Å².